The number of hydrogen-bond acceptors (Lipinski definition) is 2. The first kappa shape index (κ1) is 17.2. The van der Waals surface area contributed by atoms with Gasteiger partial charge in [-0.2, -0.15) is 0 Å². The van der Waals surface area contributed by atoms with E-state index in [-0.39, 0.29) is 16.5 Å². The molecule has 0 fully saturated rings. The molecular formula is C21H14ClFN2O2. The van der Waals surface area contributed by atoms with Crippen LogP contribution in [-0.4, -0.2) is 11.8 Å². The Bertz CT molecular complexity index is 1070. The summed E-state index contributed by atoms with van der Waals surface area (Å²) in [5.74, 6) is -1.29. The lowest BCUT2D eigenvalue weighted by Crippen LogP contribution is -2.23. The highest BCUT2D eigenvalue weighted by atomic mass is 35.5. The fourth-order valence-corrected chi connectivity index (χ4v) is 3.29. The van der Waals surface area contributed by atoms with Crippen LogP contribution in [0.5, 0.6) is 0 Å². The van der Waals surface area contributed by atoms with Crippen LogP contribution in [0, 0.1) is 5.82 Å². The Labute approximate surface area is 160 Å². The average molecular weight is 381 g/mol. The molecule has 3 aromatic carbocycles. The largest absolute Gasteiger partial charge is 0.321 e. The number of carbonyl (C=O) groups excluding carboxylic acids is 2. The number of rotatable bonds is 3. The van der Waals surface area contributed by atoms with Crippen molar-refractivity contribution in [2.45, 2.75) is 6.54 Å². The van der Waals surface area contributed by atoms with E-state index >= 15 is 0 Å². The van der Waals surface area contributed by atoms with Crippen LogP contribution < -0.4 is 10.2 Å². The third-order valence-corrected chi connectivity index (χ3v) is 4.77. The van der Waals surface area contributed by atoms with Gasteiger partial charge >= 0.3 is 0 Å². The summed E-state index contributed by atoms with van der Waals surface area (Å²) in [5, 5.41) is 2.86. The second-order valence-electron chi connectivity index (χ2n) is 6.15. The lowest BCUT2D eigenvalue weighted by Gasteiger charge is -2.17. The summed E-state index contributed by atoms with van der Waals surface area (Å²) in [5.41, 5.74) is 2.53. The maximum Gasteiger partial charge on any atom is 0.258 e. The van der Waals surface area contributed by atoms with Crippen molar-refractivity contribution < 1.29 is 14.0 Å². The topological polar surface area (TPSA) is 49.4 Å². The Kier molecular flexibility index (Phi) is 4.38. The fraction of sp³-hybridized carbons (Fsp3) is 0.0476. The first-order valence-corrected chi connectivity index (χ1v) is 8.67. The highest BCUT2D eigenvalue weighted by Gasteiger charge is 2.28. The summed E-state index contributed by atoms with van der Waals surface area (Å²) in [6, 6.07) is 18.1. The van der Waals surface area contributed by atoms with E-state index in [9.17, 15) is 14.0 Å². The van der Waals surface area contributed by atoms with E-state index in [1.54, 1.807) is 35.2 Å². The first-order valence-electron chi connectivity index (χ1n) is 8.30. The maximum atomic E-state index is 13.7. The molecule has 27 heavy (non-hydrogen) atoms. The molecule has 0 bridgehead atoms. The second-order valence-corrected chi connectivity index (χ2v) is 6.55. The molecular weight excluding hydrogens is 367 g/mol. The van der Waals surface area contributed by atoms with Gasteiger partial charge in [-0.05, 0) is 42.0 Å². The zero-order chi connectivity index (χ0) is 19.0. The van der Waals surface area contributed by atoms with Gasteiger partial charge in [-0.3, -0.25) is 9.59 Å². The summed E-state index contributed by atoms with van der Waals surface area (Å²) in [6.45, 7) is 0.465. The number of fused-ring (bicyclic) bond motifs is 1. The van der Waals surface area contributed by atoms with E-state index in [0.29, 0.717) is 23.5 Å². The molecule has 0 atom stereocenters. The number of nitrogens with zero attached hydrogens (tertiary/aromatic N) is 1. The third kappa shape index (κ3) is 3.17. The molecule has 1 aliphatic rings. The van der Waals surface area contributed by atoms with Gasteiger partial charge in [0.05, 0.1) is 22.8 Å². The van der Waals surface area contributed by atoms with E-state index in [0.717, 1.165) is 5.56 Å². The molecule has 1 N–H and O–H groups in total. The minimum Gasteiger partial charge on any atom is -0.321 e. The Balaban J connectivity index is 1.56. The molecule has 4 rings (SSSR count). The number of carbonyl (C=O) groups is 2. The third-order valence-electron chi connectivity index (χ3n) is 4.45. The van der Waals surface area contributed by atoms with E-state index in [1.165, 1.54) is 18.2 Å². The quantitative estimate of drug-likeness (QED) is 0.703. The second kappa shape index (κ2) is 6.85. The molecule has 0 saturated heterocycles. The van der Waals surface area contributed by atoms with Crippen molar-refractivity contribution >= 4 is 34.8 Å². The van der Waals surface area contributed by atoms with Crippen molar-refractivity contribution in [1.82, 2.24) is 0 Å². The lowest BCUT2D eigenvalue weighted by molar-refractivity contribution is 0.0993. The predicted octanol–water partition coefficient (Wildman–Crippen LogP) is 4.89. The van der Waals surface area contributed by atoms with E-state index in [2.05, 4.69) is 5.32 Å². The van der Waals surface area contributed by atoms with Crippen LogP contribution in [0.25, 0.3) is 0 Å². The summed E-state index contributed by atoms with van der Waals surface area (Å²) in [7, 11) is 0. The minimum absolute atomic E-state index is 0.0668. The van der Waals surface area contributed by atoms with Crippen molar-refractivity contribution in [2.24, 2.45) is 0 Å². The molecule has 6 heteroatoms. The van der Waals surface area contributed by atoms with Gasteiger partial charge in [-0.15, -0.1) is 0 Å². The highest BCUT2D eigenvalue weighted by molar-refractivity contribution is 6.34. The summed E-state index contributed by atoms with van der Waals surface area (Å²) >= 11 is 6.29. The molecule has 3 aromatic rings. The fourth-order valence-electron chi connectivity index (χ4n) is 3.07. The standard InChI is InChI=1S/C21H14ClFN2O2/c22-17-11-14(25-12-13-5-1-2-6-15(13)21(25)27)9-10-19(17)24-20(26)16-7-3-4-8-18(16)23/h1-11H,12H2,(H,24,26). The lowest BCUT2D eigenvalue weighted by atomic mass is 10.1. The van der Waals surface area contributed by atoms with Crippen LogP contribution in [0.15, 0.2) is 66.7 Å². The van der Waals surface area contributed by atoms with Gasteiger partial charge in [0.1, 0.15) is 5.82 Å². The SMILES string of the molecule is O=C(Nc1ccc(N2Cc3ccccc3C2=O)cc1Cl)c1ccccc1F. The van der Waals surface area contributed by atoms with Crippen LogP contribution in [0.2, 0.25) is 5.02 Å². The molecule has 0 aromatic heterocycles. The Morgan fingerprint density at radius 1 is 1.04 bits per heavy atom. The minimum atomic E-state index is -0.608. The van der Waals surface area contributed by atoms with E-state index < -0.39 is 11.7 Å². The normalized spacial score (nSPS) is 12.8. The van der Waals surface area contributed by atoms with Crippen LogP contribution in [0.3, 0.4) is 0 Å². The molecule has 0 aliphatic carbocycles. The van der Waals surface area contributed by atoms with Crippen LogP contribution in [0.4, 0.5) is 15.8 Å². The molecule has 0 saturated carbocycles. The van der Waals surface area contributed by atoms with Gasteiger partial charge in [-0.1, -0.05) is 41.9 Å². The average Bonchev–Trinajstić information content (AvgIpc) is 3.01. The Hall–Kier alpha value is -3.18. The molecule has 134 valence electrons. The van der Waals surface area contributed by atoms with Gasteiger partial charge in [0.2, 0.25) is 0 Å². The summed E-state index contributed by atoms with van der Waals surface area (Å²) < 4.78 is 13.7. The van der Waals surface area contributed by atoms with Crippen molar-refractivity contribution in [3.63, 3.8) is 0 Å². The molecule has 2 amide bonds. The van der Waals surface area contributed by atoms with Gasteiger partial charge in [0.15, 0.2) is 0 Å². The van der Waals surface area contributed by atoms with Crippen LogP contribution in [0.1, 0.15) is 26.3 Å². The van der Waals surface area contributed by atoms with E-state index in [1.807, 2.05) is 18.2 Å². The molecule has 4 nitrogen and oxygen atoms in total. The van der Waals surface area contributed by atoms with Crippen molar-refractivity contribution in [2.75, 3.05) is 10.2 Å². The highest BCUT2D eigenvalue weighted by Crippen LogP contribution is 2.33. The number of hydrogen-bond donors (Lipinski definition) is 1. The molecule has 1 heterocycles. The summed E-state index contributed by atoms with van der Waals surface area (Å²) in [6.07, 6.45) is 0. The van der Waals surface area contributed by atoms with Gasteiger partial charge < -0.3 is 10.2 Å². The Morgan fingerprint density at radius 3 is 2.52 bits per heavy atom. The molecule has 1 aliphatic heterocycles. The number of halogens is 2. The van der Waals surface area contributed by atoms with Crippen molar-refractivity contribution in [3.05, 3.63) is 94.3 Å². The number of nitrogens with one attached hydrogen (secondary N) is 1. The van der Waals surface area contributed by atoms with Gasteiger partial charge in [-0.25, -0.2) is 4.39 Å². The molecule has 0 spiro atoms. The smallest absolute Gasteiger partial charge is 0.258 e. The van der Waals surface area contributed by atoms with Gasteiger partial charge in [0, 0.05) is 11.3 Å². The number of anilines is 2. The zero-order valence-corrected chi connectivity index (χ0v) is 14.8. The summed E-state index contributed by atoms with van der Waals surface area (Å²) in [4.78, 5) is 26.4. The molecule has 0 unspecified atom stereocenters. The van der Waals surface area contributed by atoms with E-state index in [4.69, 9.17) is 11.6 Å². The van der Waals surface area contributed by atoms with Crippen molar-refractivity contribution in [1.29, 1.82) is 0 Å². The first-order chi connectivity index (χ1) is 13.0. The van der Waals surface area contributed by atoms with Crippen LogP contribution in [-0.2, 0) is 6.54 Å². The number of benzene rings is 3. The Morgan fingerprint density at radius 2 is 1.78 bits per heavy atom. The van der Waals surface area contributed by atoms with Gasteiger partial charge in [0.25, 0.3) is 11.8 Å². The van der Waals surface area contributed by atoms with Crippen molar-refractivity contribution in [3.8, 4) is 0 Å². The monoisotopic (exact) mass is 380 g/mol. The maximum absolute atomic E-state index is 13.7. The number of amides is 2. The zero-order valence-electron chi connectivity index (χ0n) is 14.1. The molecule has 0 radical (unpaired) electrons. The predicted molar refractivity (Wildman–Crippen MR) is 103 cm³/mol. The van der Waals surface area contributed by atoms with Crippen LogP contribution >= 0.6 is 11.6 Å².